The smallest absolute Gasteiger partial charge is 0.143 e. The molecule has 0 spiro atoms. The van der Waals surface area contributed by atoms with Gasteiger partial charge in [-0.05, 0) is 12.1 Å². The van der Waals surface area contributed by atoms with E-state index in [1.54, 1.807) is 25.3 Å². The van der Waals surface area contributed by atoms with Crippen molar-refractivity contribution >= 4 is 21.8 Å². The first-order chi connectivity index (χ1) is 6.74. The Morgan fingerprint density at radius 1 is 1.27 bits per heavy atom. The second-order valence-electron chi connectivity index (χ2n) is 2.41. The highest BCUT2D eigenvalue weighted by molar-refractivity contribution is 7.79. The molecule has 0 radical (unpaired) electrons. The van der Waals surface area contributed by atoms with Gasteiger partial charge in [-0.2, -0.15) is 0 Å². The molecule has 1 aromatic carbocycles. The average Bonchev–Trinajstić information content (AvgIpc) is 2.06. The number of nitrogens with two attached hydrogens (primary N) is 2. The fourth-order valence-electron chi connectivity index (χ4n) is 0.728. The second kappa shape index (κ2) is 5.39. The number of rotatable bonds is 1. The van der Waals surface area contributed by atoms with E-state index in [2.05, 4.69) is 0 Å². The molecule has 0 fully saturated rings. The van der Waals surface area contributed by atoms with E-state index in [0.717, 1.165) is 0 Å². The van der Waals surface area contributed by atoms with Gasteiger partial charge in [-0.1, -0.05) is 0 Å². The molecule has 0 atom stereocenters. The topological polar surface area (TPSA) is 142 Å². The van der Waals surface area contributed by atoms with Crippen LogP contribution in [-0.4, -0.2) is 24.6 Å². The van der Waals surface area contributed by atoms with Gasteiger partial charge in [-0.25, -0.2) is 0 Å². The lowest BCUT2D eigenvalue weighted by atomic mass is 10.3. The molecule has 7 nitrogen and oxygen atoms in total. The van der Waals surface area contributed by atoms with E-state index in [9.17, 15) is 0 Å². The summed E-state index contributed by atoms with van der Waals surface area (Å²) in [4.78, 5) is 0. The Balaban J connectivity index is 0.000000336. The number of methoxy groups -OCH3 is 1. The SMILES string of the molecule is COc1cc(N)ccc1N.O=S(=O)([O-])[O-]. The molecule has 0 saturated heterocycles. The average molecular weight is 234 g/mol. The molecule has 0 aromatic heterocycles. The number of anilines is 2. The first kappa shape index (κ1) is 13.5. The summed E-state index contributed by atoms with van der Waals surface area (Å²) in [5.74, 6) is 0.625. The highest BCUT2D eigenvalue weighted by Crippen LogP contribution is 2.22. The van der Waals surface area contributed by atoms with Crippen molar-refractivity contribution in [1.82, 2.24) is 0 Å². The van der Waals surface area contributed by atoms with Crippen molar-refractivity contribution in [2.75, 3.05) is 18.6 Å². The molecule has 86 valence electrons. The normalized spacial score (nSPS) is 10.1. The van der Waals surface area contributed by atoms with E-state index in [4.69, 9.17) is 33.7 Å². The molecule has 0 amide bonds. The molecule has 15 heavy (non-hydrogen) atoms. The number of benzene rings is 1. The lowest BCUT2D eigenvalue weighted by Crippen LogP contribution is -1.93. The molecule has 8 heteroatoms. The molecule has 0 saturated carbocycles. The van der Waals surface area contributed by atoms with Gasteiger partial charge in [0.15, 0.2) is 0 Å². The van der Waals surface area contributed by atoms with Crippen LogP contribution in [0.4, 0.5) is 11.4 Å². The van der Waals surface area contributed by atoms with Gasteiger partial charge >= 0.3 is 0 Å². The van der Waals surface area contributed by atoms with Gasteiger partial charge in [0.1, 0.15) is 5.75 Å². The number of nitrogen functional groups attached to an aromatic ring is 2. The fraction of sp³-hybridized carbons (Fsp3) is 0.143. The second-order valence-corrected chi connectivity index (χ2v) is 3.23. The first-order valence-electron chi connectivity index (χ1n) is 3.59. The number of ether oxygens (including phenoxy) is 1. The maximum atomic E-state index is 8.52. The summed E-state index contributed by atoms with van der Waals surface area (Å²) in [6, 6.07) is 5.14. The summed E-state index contributed by atoms with van der Waals surface area (Å²) < 4.78 is 39.0. The zero-order valence-electron chi connectivity index (χ0n) is 7.84. The summed E-state index contributed by atoms with van der Waals surface area (Å²) in [6.07, 6.45) is 0. The standard InChI is InChI=1S/C7H10N2O.H2O4S/c1-10-7-4-5(8)2-3-6(7)9;1-5(2,3)4/h2-4H,8-9H2,1H3;(H2,1,2,3,4)/p-2. The highest BCUT2D eigenvalue weighted by Gasteiger charge is 1.96. The van der Waals surface area contributed by atoms with Crippen molar-refractivity contribution in [3.63, 3.8) is 0 Å². The van der Waals surface area contributed by atoms with Crippen molar-refractivity contribution in [1.29, 1.82) is 0 Å². The van der Waals surface area contributed by atoms with Crippen molar-refractivity contribution in [2.45, 2.75) is 0 Å². The zero-order chi connectivity index (χ0) is 12.1. The molecule has 1 aromatic rings. The van der Waals surface area contributed by atoms with Gasteiger partial charge in [0, 0.05) is 22.2 Å². The Kier molecular flexibility index (Phi) is 4.85. The minimum atomic E-state index is -5.17. The Bertz CT molecular complexity index is 409. The van der Waals surface area contributed by atoms with Crippen LogP contribution in [-0.2, 0) is 10.4 Å². The van der Waals surface area contributed by atoms with Gasteiger partial charge in [0.25, 0.3) is 0 Å². The molecule has 0 bridgehead atoms. The van der Waals surface area contributed by atoms with Crippen molar-refractivity contribution < 1.29 is 22.3 Å². The molecule has 0 unspecified atom stereocenters. The summed E-state index contributed by atoms with van der Waals surface area (Å²) in [5, 5.41) is 0. The minimum absolute atomic E-state index is 0.608. The summed E-state index contributed by atoms with van der Waals surface area (Å²) >= 11 is 0. The van der Waals surface area contributed by atoms with E-state index >= 15 is 0 Å². The van der Waals surface area contributed by atoms with Crippen molar-refractivity contribution in [3.8, 4) is 5.75 Å². The predicted molar refractivity (Wildman–Crippen MR) is 52.3 cm³/mol. The van der Waals surface area contributed by atoms with Crippen LogP contribution in [0.2, 0.25) is 0 Å². The van der Waals surface area contributed by atoms with Crippen molar-refractivity contribution in [3.05, 3.63) is 18.2 Å². The molecule has 4 N–H and O–H groups in total. The third-order valence-electron chi connectivity index (χ3n) is 1.26. The maximum absolute atomic E-state index is 8.52. The minimum Gasteiger partial charge on any atom is -0.759 e. The van der Waals surface area contributed by atoms with Gasteiger partial charge < -0.3 is 25.3 Å². The molecule has 0 aliphatic carbocycles. The van der Waals surface area contributed by atoms with Crippen LogP contribution < -0.4 is 16.2 Å². The summed E-state index contributed by atoms with van der Waals surface area (Å²) in [6.45, 7) is 0. The predicted octanol–water partition coefficient (Wildman–Crippen LogP) is -0.478. The quantitative estimate of drug-likeness (QED) is 0.379. The zero-order valence-corrected chi connectivity index (χ0v) is 8.65. The third-order valence-corrected chi connectivity index (χ3v) is 1.26. The van der Waals surface area contributed by atoms with Gasteiger partial charge in [0.05, 0.1) is 12.8 Å². The van der Waals surface area contributed by atoms with Crippen LogP contribution in [0.5, 0.6) is 5.75 Å². The van der Waals surface area contributed by atoms with E-state index < -0.39 is 10.4 Å². The van der Waals surface area contributed by atoms with Crippen LogP contribution in [0.15, 0.2) is 18.2 Å². The Morgan fingerprint density at radius 2 is 1.73 bits per heavy atom. The number of hydrogen-bond acceptors (Lipinski definition) is 7. The van der Waals surface area contributed by atoms with E-state index in [1.807, 2.05) is 0 Å². The number of hydrogen-bond donors (Lipinski definition) is 2. The summed E-state index contributed by atoms with van der Waals surface area (Å²) in [5.41, 5.74) is 12.3. The lowest BCUT2D eigenvalue weighted by molar-refractivity contribution is 0.352. The van der Waals surface area contributed by atoms with Gasteiger partial charge in [-0.3, -0.25) is 8.42 Å². The van der Waals surface area contributed by atoms with E-state index in [0.29, 0.717) is 17.1 Å². The molecule has 1 rings (SSSR count). The van der Waals surface area contributed by atoms with Crippen molar-refractivity contribution in [2.24, 2.45) is 0 Å². The van der Waals surface area contributed by atoms with E-state index in [1.165, 1.54) is 0 Å². The van der Waals surface area contributed by atoms with Crippen LogP contribution in [0.3, 0.4) is 0 Å². The largest absolute Gasteiger partial charge is 0.759 e. The monoisotopic (exact) mass is 234 g/mol. The lowest BCUT2D eigenvalue weighted by Gasteiger charge is -2.06. The third kappa shape index (κ3) is 7.55. The maximum Gasteiger partial charge on any atom is 0.143 e. The van der Waals surface area contributed by atoms with Crippen LogP contribution in [0, 0.1) is 0 Å². The van der Waals surface area contributed by atoms with E-state index in [-0.39, 0.29) is 0 Å². The van der Waals surface area contributed by atoms with Gasteiger partial charge in [-0.15, -0.1) is 0 Å². The highest BCUT2D eigenvalue weighted by atomic mass is 32.3. The fourth-order valence-corrected chi connectivity index (χ4v) is 0.728. The Labute approximate surface area is 87.2 Å². The molecular weight excluding hydrogens is 224 g/mol. The molecule has 0 aliphatic rings. The van der Waals surface area contributed by atoms with Crippen LogP contribution >= 0.6 is 0 Å². The Hall–Kier alpha value is -1.51. The van der Waals surface area contributed by atoms with Gasteiger partial charge in [0.2, 0.25) is 0 Å². The Morgan fingerprint density at radius 3 is 2.07 bits per heavy atom. The first-order valence-corrected chi connectivity index (χ1v) is 4.93. The molecular formula is C7H10N2O5S-2. The molecule has 0 aliphatic heterocycles. The summed E-state index contributed by atoms with van der Waals surface area (Å²) in [7, 11) is -3.61. The molecule has 0 heterocycles. The van der Waals surface area contributed by atoms with Crippen LogP contribution in [0.25, 0.3) is 0 Å². The van der Waals surface area contributed by atoms with Crippen LogP contribution in [0.1, 0.15) is 0 Å².